The van der Waals surface area contributed by atoms with Crippen molar-refractivity contribution in [2.75, 3.05) is 0 Å². The van der Waals surface area contributed by atoms with Crippen molar-refractivity contribution in [2.24, 2.45) is 0 Å². The Bertz CT molecular complexity index is 164. The van der Waals surface area contributed by atoms with Crippen LogP contribution < -0.4 is 0 Å². The molecular weight excluding hydrogens is 188 g/mol. The van der Waals surface area contributed by atoms with E-state index in [0.29, 0.717) is 6.29 Å². The van der Waals surface area contributed by atoms with Crippen molar-refractivity contribution in [3.63, 3.8) is 0 Å². The first-order chi connectivity index (χ1) is 7.31. The van der Waals surface area contributed by atoms with Crippen LogP contribution in [0.4, 0.5) is 0 Å². The molecule has 0 saturated heterocycles. The topological polar surface area (TPSA) is 37.3 Å². The maximum absolute atomic E-state index is 9.99. The van der Waals surface area contributed by atoms with Crippen molar-refractivity contribution in [3.05, 3.63) is 12.2 Å². The van der Waals surface area contributed by atoms with Gasteiger partial charge in [0.1, 0.15) is 6.29 Å². The lowest BCUT2D eigenvalue weighted by molar-refractivity contribution is -0.104. The summed E-state index contributed by atoms with van der Waals surface area (Å²) in [4.78, 5) is 9.99. The Kier molecular flexibility index (Phi) is 11.0. The number of carbonyl (C=O) groups is 1. The zero-order chi connectivity index (χ0) is 11.4. The molecule has 0 aliphatic rings. The highest BCUT2D eigenvalue weighted by atomic mass is 16.3. The van der Waals surface area contributed by atoms with E-state index in [1.165, 1.54) is 44.6 Å². The molecule has 0 aromatic heterocycles. The van der Waals surface area contributed by atoms with Gasteiger partial charge in [-0.2, -0.15) is 0 Å². The van der Waals surface area contributed by atoms with Crippen LogP contribution in [0.3, 0.4) is 0 Å². The molecule has 0 bridgehead atoms. The van der Waals surface area contributed by atoms with Gasteiger partial charge in [0.05, 0.1) is 6.10 Å². The predicted molar refractivity (Wildman–Crippen MR) is 63.8 cm³/mol. The highest BCUT2D eigenvalue weighted by Gasteiger charge is 1.98. The first kappa shape index (κ1) is 14.4. The van der Waals surface area contributed by atoms with E-state index in [0.717, 1.165) is 12.8 Å². The quantitative estimate of drug-likeness (QED) is 0.343. The van der Waals surface area contributed by atoms with Gasteiger partial charge in [-0.05, 0) is 12.5 Å². The first-order valence-corrected chi connectivity index (χ1v) is 6.11. The van der Waals surface area contributed by atoms with Crippen molar-refractivity contribution >= 4 is 6.29 Å². The summed E-state index contributed by atoms with van der Waals surface area (Å²) in [6, 6.07) is 0. The standard InChI is InChI=1S/C13H24O2/c1-2-3-4-5-6-7-8-10-13(15)11-9-12-14/h9,11-13,15H,2-8,10H2,1H3/b11-9+. The molecule has 0 rings (SSSR count). The number of unbranched alkanes of at least 4 members (excludes halogenated alkanes) is 6. The third kappa shape index (κ3) is 11.3. The van der Waals surface area contributed by atoms with E-state index < -0.39 is 6.10 Å². The van der Waals surface area contributed by atoms with Crippen LogP contribution in [0.25, 0.3) is 0 Å². The molecule has 0 spiro atoms. The van der Waals surface area contributed by atoms with Gasteiger partial charge >= 0.3 is 0 Å². The zero-order valence-electron chi connectivity index (χ0n) is 9.82. The fourth-order valence-corrected chi connectivity index (χ4v) is 1.58. The average Bonchev–Trinajstić information content (AvgIpc) is 2.25. The van der Waals surface area contributed by atoms with Crippen LogP contribution in [0, 0.1) is 0 Å². The average molecular weight is 212 g/mol. The number of hydrogen-bond acceptors (Lipinski definition) is 2. The molecule has 1 atom stereocenters. The molecule has 15 heavy (non-hydrogen) atoms. The lowest BCUT2D eigenvalue weighted by Crippen LogP contribution is -2.01. The number of aldehydes is 1. The second-order valence-corrected chi connectivity index (χ2v) is 4.00. The molecule has 0 radical (unpaired) electrons. The van der Waals surface area contributed by atoms with E-state index in [1.807, 2.05) is 0 Å². The second-order valence-electron chi connectivity index (χ2n) is 4.00. The Hall–Kier alpha value is -0.630. The SMILES string of the molecule is CCCCCCCCCC(O)/C=C/C=O. The summed E-state index contributed by atoms with van der Waals surface area (Å²) in [7, 11) is 0. The van der Waals surface area contributed by atoms with Crippen molar-refractivity contribution in [3.8, 4) is 0 Å². The first-order valence-electron chi connectivity index (χ1n) is 6.11. The molecule has 2 nitrogen and oxygen atoms in total. The minimum atomic E-state index is -0.439. The van der Waals surface area contributed by atoms with E-state index in [4.69, 9.17) is 0 Å². The Morgan fingerprint density at radius 1 is 1.07 bits per heavy atom. The van der Waals surface area contributed by atoms with Crippen molar-refractivity contribution < 1.29 is 9.90 Å². The van der Waals surface area contributed by atoms with Crippen molar-refractivity contribution in [1.29, 1.82) is 0 Å². The molecule has 0 saturated carbocycles. The molecule has 0 fully saturated rings. The highest BCUT2D eigenvalue weighted by Crippen LogP contribution is 2.09. The Morgan fingerprint density at radius 3 is 2.27 bits per heavy atom. The van der Waals surface area contributed by atoms with Gasteiger partial charge in [0.25, 0.3) is 0 Å². The van der Waals surface area contributed by atoms with Gasteiger partial charge in [-0.15, -0.1) is 0 Å². The van der Waals surface area contributed by atoms with Crippen LogP contribution in [-0.2, 0) is 4.79 Å². The van der Waals surface area contributed by atoms with Crippen LogP contribution in [0.5, 0.6) is 0 Å². The van der Waals surface area contributed by atoms with Gasteiger partial charge in [-0.1, -0.05) is 57.9 Å². The summed E-state index contributed by atoms with van der Waals surface area (Å²) >= 11 is 0. The molecule has 1 N–H and O–H groups in total. The number of rotatable bonds is 10. The maximum atomic E-state index is 9.99. The van der Waals surface area contributed by atoms with Gasteiger partial charge in [0.2, 0.25) is 0 Å². The van der Waals surface area contributed by atoms with E-state index in [9.17, 15) is 9.90 Å². The van der Waals surface area contributed by atoms with E-state index >= 15 is 0 Å². The molecule has 0 heterocycles. The third-order valence-corrected chi connectivity index (χ3v) is 2.52. The molecule has 0 amide bonds. The largest absolute Gasteiger partial charge is 0.389 e. The summed E-state index contributed by atoms with van der Waals surface area (Å²) in [5.41, 5.74) is 0. The maximum Gasteiger partial charge on any atom is 0.142 e. The van der Waals surface area contributed by atoms with Crippen LogP contribution in [-0.4, -0.2) is 17.5 Å². The second kappa shape index (κ2) is 11.4. The van der Waals surface area contributed by atoms with Gasteiger partial charge < -0.3 is 5.11 Å². The van der Waals surface area contributed by atoms with Gasteiger partial charge in [0.15, 0.2) is 0 Å². The van der Waals surface area contributed by atoms with E-state index in [2.05, 4.69) is 6.92 Å². The Balaban J connectivity index is 3.16. The minimum Gasteiger partial charge on any atom is -0.389 e. The number of carbonyl (C=O) groups excluding carboxylic acids is 1. The van der Waals surface area contributed by atoms with Crippen LogP contribution in [0.15, 0.2) is 12.2 Å². The van der Waals surface area contributed by atoms with Crippen LogP contribution >= 0.6 is 0 Å². The van der Waals surface area contributed by atoms with Crippen molar-refractivity contribution in [2.45, 2.75) is 64.4 Å². The van der Waals surface area contributed by atoms with Crippen LogP contribution in [0.1, 0.15) is 58.3 Å². The summed E-state index contributed by atoms with van der Waals surface area (Å²) in [5.74, 6) is 0. The number of hydrogen-bond donors (Lipinski definition) is 1. The van der Waals surface area contributed by atoms with E-state index in [-0.39, 0.29) is 0 Å². The Morgan fingerprint density at radius 2 is 1.67 bits per heavy atom. The third-order valence-electron chi connectivity index (χ3n) is 2.52. The fourth-order valence-electron chi connectivity index (χ4n) is 1.58. The smallest absolute Gasteiger partial charge is 0.142 e. The molecule has 2 heteroatoms. The van der Waals surface area contributed by atoms with Gasteiger partial charge in [0, 0.05) is 0 Å². The number of allylic oxidation sites excluding steroid dienone is 1. The predicted octanol–water partition coefficient (Wildman–Crippen LogP) is 3.24. The van der Waals surface area contributed by atoms with Crippen LogP contribution in [0.2, 0.25) is 0 Å². The molecule has 0 aliphatic carbocycles. The molecule has 1 unspecified atom stereocenters. The summed E-state index contributed by atoms with van der Waals surface area (Å²) in [5, 5.41) is 9.38. The van der Waals surface area contributed by atoms with Crippen molar-refractivity contribution in [1.82, 2.24) is 0 Å². The molecule has 88 valence electrons. The summed E-state index contributed by atoms with van der Waals surface area (Å²) < 4.78 is 0. The summed E-state index contributed by atoms with van der Waals surface area (Å²) in [6.45, 7) is 2.22. The monoisotopic (exact) mass is 212 g/mol. The molecule has 0 aliphatic heterocycles. The normalized spacial score (nSPS) is 13.2. The van der Waals surface area contributed by atoms with E-state index in [1.54, 1.807) is 6.08 Å². The number of aliphatic hydroxyl groups excluding tert-OH is 1. The molecule has 0 aromatic rings. The highest BCUT2D eigenvalue weighted by molar-refractivity contribution is 5.64. The number of aliphatic hydroxyl groups is 1. The van der Waals surface area contributed by atoms with Gasteiger partial charge in [-0.3, -0.25) is 4.79 Å². The lowest BCUT2D eigenvalue weighted by Gasteiger charge is -2.04. The lowest BCUT2D eigenvalue weighted by atomic mass is 10.1. The Labute approximate surface area is 93.4 Å². The molecular formula is C13H24O2. The van der Waals surface area contributed by atoms with Gasteiger partial charge in [-0.25, -0.2) is 0 Å². The molecule has 0 aromatic carbocycles. The zero-order valence-corrected chi connectivity index (χ0v) is 9.82. The fraction of sp³-hybridized carbons (Fsp3) is 0.769. The summed E-state index contributed by atoms with van der Waals surface area (Å²) in [6.07, 6.45) is 12.8. The minimum absolute atomic E-state index is 0.439.